The molecule has 1 N–H and O–H groups in total. The van der Waals surface area contributed by atoms with Gasteiger partial charge in [0, 0.05) is 10.9 Å². The summed E-state index contributed by atoms with van der Waals surface area (Å²) in [6, 6.07) is 27.1. The normalized spacial score (nSPS) is 26.9. The third-order valence-electron chi connectivity index (χ3n) is 11.4. The van der Waals surface area contributed by atoms with E-state index in [0.717, 1.165) is 17.6 Å². The Morgan fingerprint density at radius 1 is 0.863 bits per heavy atom. The van der Waals surface area contributed by atoms with Crippen molar-refractivity contribution in [3.8, 4) is 11.5 Å². The van der Waals surface area contributed by atoms with Gasteiger partial charge < -0.3 is 9.84 Å². The minimum atomic E-state index is -1.43. The smallest absolute Gasteiger partial charge is 0.246 e. The molecule has 51 heavy (non-hydrogen) atoms. The minimum absolute atomic E-state index is 0.0344. The van der Waals surface area contributed by atoms with Crippen LogP contribution in [-0.2, 0) is 31.0 Å². The van der Waals surface area contributed by atoms with Crippen molar-refractivity contribution in [1.29, 1.82) is 0 Å². The molecule has 0 unspecified atom stereocenters. The van der Waals surface area contributed by atoms with Gasteiger partial charge in [0.1, 0.15) is 0 Å². The van der Waals surface area contributed by atoms with Gasteiger partial charge in [-0.05, 0) is 107 Å². The van der Waals surface area contributed by atoms with Crippen LogP contribution < -0.4 is 14.5 Å². The Labute approximate surface area is 314 Å². The number of hydrogen-bond donors (Lipinski definition) is 1. The van der Waals surface area contributed by atoms with Crippen LogP contribution in [-0.4, -0.2) is 35.8 Å². The van der Waals surface area contributed by atoms with E-state index in [4.69, 9.17) is 16.3 Å². The second kappa shape index (κ2) is 12.6. The number of allylic oxidation sites excluding steroid dienone is 2. The van der Waals surface area contributed by atoms with Gasteiger partial charge in [0.15, 0.2) is 11.5 Å². The van der Waals surface area contributed by atoms with Crippen LogP contribution in [0.2, 0.25) is 5.02 Å². The van der Waals surface area contributed by atoms with E-state index < -0.39 is 40.9 Å². The first kappa shape index (κ1) is 33.7. The monoisotopic (exact) mass is 812 g/mol. The Bertz CT molecular complexity index is 2150. The zero-order chi connectivity index (χ0) is 35.8. The summed E-state index contributed by atoms with van der Waals surface area (Å²) in [7, 11) is 1.47. The largest absolute Gasteiger partial charge is 0.504 e. The molecule has 2 heterocycles. The molecule has 0 spiro atoms. The fraction of sp³-hybridized carbons (Fsp3) is 0.268. The second-order valence-corrected chi connectivity index (χ2v) is 15.3. The van der Waals surface area contributed by atoms with Crippen molar-refractivity contribution in [1.82, 2.24) is 0 Å². The number of anilines is 2. The SMILES string of the molecule is CCc1ccc(N2C(=O)[C@H]3[C@H](CC=C4[C@H]3C[C@H]3C(=O)N(c5cccc(Cl)c5)C(=O)[C@@]3(c3ccccc3)[C@H]4c3cc(I)c(O)c(OC)c3)C2=O)cc1. The molecule has 4 aromatic rings. The van der Waals surface area contributed by atoms with Crippen LogP contribution in [0.1, 0.15) is 42.4 Å². The summed E-state index contributed by atoms with van der Waals surface area (Å²) >= 11 is 8.46. The van der Waals surface area contributed by atoms with Crippen LogP contribution in [0.15, 0.2) is 103 Å². The second-order valence-electron chi connectivity index (χ2n) is 13.7. The lowest BCUT2D eigenvalue weighted by Crippen LogP contribution is -2.53. The average molecular weight is 813 g/mol. The maximum absolute atomic E-state index is 15.4. The summed E-state index contributed by atoms with van der Waals surface area (Å²) < 4.78 is 6.13. The summed E-state index contributed by atoms with van der Waals surface area (Å²) in [6.07, 6.45) is 3.35. The molecular formula is C41H34ClIN2O6. The minimum Gasteiger partial charge on any atom is -0.504 e. The van der Waals surface area contributed by atoms with E-state index >= 15 is 4.79 Å². The number of halogens is 2. The number of carbonyl (C=O) groups excluding carboxylic acids is 4. The van der Waals surface area contributed by atoms with Crippen LogP contribution in [0.25, 0.3) is 0 Å². The highest BCUT2D eigenvalue weighted by atomic mass is 127. The number of methoxy groups -OCH3 is 1. The molecule has 4 aromatic carbocycles. The standard InChI is InChI=1S/C41H34ClIN2O6/c1-3-22-12-14-26(15-13-22)44-37(47)29-17-16-28-30(34(29)39(44)49)21-31-38(48)45(27-11-7-10-25(42)20-27)40(50)41(31,24-8-5-4-6-9-24)35(28)23-18-32(43)36(46)33(19-23)51-2/h4-16,18-20,29-31,34-35,46H,3,17,21H2,1-2H3/t29-,30+,31-,34-,35-,41+/m0/s1. The molecule has 0 bridgehead atoms. The summed E-state index contributed by atoms with van der Waals surface area (Å²) in [5, 5.41) is 11.3. The fourth-order valence-electron chi connectivity index (χ4n) is 9.17. The summed E-state index contributed by atoms with van der Waals surface area (Å²) in [5.74, 6) is -4.61. The number of aryl methyl sites for hydroxylation is 1. The number of rotatable bonds is 6. The topological polar surface area (TPSA) is 104 Å². The highest BCUT2D eigenvalue weighted by molar-refractivity contribution is 14.1. The van der Waals surface area contributed by atoms with E-state index in [1.54, 1.807) is 30.3 Å². The molecule has 2 aliphatic heterocycles. The van der Waals surface area contributed by atoms with Crippen LogP contribution in [0.4, 0.5) is 11.4 Å². The van der Waals surface area contributed by atoms with Crippen molar-refractivity contribution >= 4 is 69.2 Å². The van der Waals surface area contributed by atoms with E-state index in [0.29, 0.717) is 37.5 Å². The number of benzene rings is 4. The first-order valence-electron chi connectivity index (χ1n) is 17.0. The predicted octanol–water partition coefficient (Wildman–Crippen LogP) is 7.59. The molecule has 2 saturated heterocycles. The molecule has 2 aliphatic carbocycles. The van der Waals surface area contributed by atoms with Crippen LogP contribution in [0.5, 0.6) is 11.5 Å². The van der Waals surface area contributed by atoms with Crippen molar-refractivity contribution in [2.45, 2.75) is 37.5 Å². The van der Waals surface area contributed by atoms with Crippen molar-refractivity contribution < 1.29 is 29.0 Å². The van der Waals surface area contributed by atoms with E-state index in [9.17, 15) is 19.5 Å². The zero-order valence-electron chi connectivity index (χ0n) is 27.9. The first-order valence-corrected chi connectivity index (χ1v) is 18.5. The van der Waals surface area contributed by atoms with E-state index in [1.807, 2.05) is 96.3 Å². The molecule has 4 amide bonds. The van der Waals surface area contributed by atoms with Crippen molar-refractivity contribution in [3.05, 3.63) is 128 Å². The molecular weight excluding hydrogens is 779 g/mol. The molecule has 0 aromatic heterocycles. The van der Waals surface area contributed by atoms with Crippen molar-refractivity contribution in [2.24, 2.45) is 23.7 Å². The Balaban J connectivity index is 1.36. The number of fused-ring (bicyclic) bond motifs is 4. The summed E-state index contributed by atoms with van der Waals surface area (Å²) in [6.45, 7) is 2.05. The van der Waals surface area contributed by atoms with Crippen LogP contribution in [0, 0.1) is 27.2 Å². The number of imide groups is 2. The Hall–Kier alpha value is -4.48. The lowest BCUT2D eigenvalue weighted by Gasteiger charge is -2.50. The summed E-state index contributed by atoms with van der Waals surface area (Å²) in [4.78, 5) is 61.5. The van der Waals surface area contributed by atoms with Gasteiger partial charge in [-0.1, -0.05) is 78.7 Å². The fourth-order valence-corrected chi connectivity index (χ4v) is 9.98. The molecule has 6 atom stereocenters. The number of carbonyl (C=O) groups is 4. The van der Waals surface area contributed by atoms with Crippen molar-refractivity contribution in [3.63, 3.8) is 0 Å². The van der Waals surface area contributed by atoms with Gasteiger partial charge in [0.25, 0.3) is 0 Å². The number of phenolic OH excluding ortho intramolecular Hbond substituents is 1. The van der Waals surface area contributed by atoms with Crippen molar-refractivity contribution in [2.75, 3.05) is 16.9 Å². The Morgan fingerprint density at radius 2 is 1.61 bits per heavy atom. The molecule has 258 valence electrons. The maximum atomic E-state index is 15.4. The number of ether oxygens (including phenoxy) is 1. The Morgan fingerprint density at radius 3 is 2.29 bits per heavy atom. The number of nitrogens with zero attached hydrogens (tertiary/aromatic N) is 2. The molecule has 8 nitrogen and oxygen atoms in total. The molecule has 3 fully saturated rings. The van der Waals surface area contributed by atoms with E-state index in [-0.39, 0.29) is 35.6 Å². The average Bonchev–Trinajstić information content (AvgIpc) is 3.53. The number of aromatic hydroxyl groups is 1. The predicted molar refractivity (Wildman–Crippen MR) is 202 cm³/mol. The number of amides is 4. The quantitative estimate of drug-likeness (QED) is 0.122. The lowest BCUT2D eigenvalue weighted by atomic mass is 9.49. The highest BCUT2D eigenvalue weighted by Gasteiger charge is 2.70. The first-order chi connectivity index (χ1) is 24.6. The van der Waals surface area contributed by atoms with Gasteiger partial charge in [-0.3, -0.25) is 24.1 Å². The van der Waals surface area contributed by atoms with Gasteiger partial charge in [-0.25, -0.2) is 4.90 Å². The molecule has 8 rings (SSSR count). The van der Waals surface area contributed by atoms with Gasteiger partial charge in [0.2, 0.25) is 23.6 Å². The summed E-state index contributed by atoms with van der Waals surface area (Å²) in [5.41, 5.74) is 2.72. The van der Waals surface area contributed by atoms with Crippen LogP contribution >= 0.6 is 34.2 Å². The van der Waals surface area contributed by atoms with E-state index in [1.165, 1.54) is 16.9 Å². The van der Waals surface area contributed by atoms with Crippen LogP contribution in [0.3, 0.4) is 0 Å². The lowest BCUT2D eigenvalue weighted by molar-refractivity contribution is -0.127. The zero-order valence-corrected chi connectivity index (χ0v) is 30.8. The highest BCUT2D eigenvalue weighted by Crippen LogP contribution is 2.65. The molecule has 1 saturated carbocycles. The number of hydrogen-bond acceptors (Lipinski definition) is 6. The van der Waals surface area contributed by atoms with Gasteiger partial charge in [0.05, 0.1) is 45.2 Å². The number of phenols is 1. The van der Waals surface area contributed by atoms with Gasteiger partial charge in [-0.15, -0.1) is 0 Å². The molecule has 0 radical (unpaired) electrons. The Kier molecular flexibility index (Phi) is 8.33. The van der Waals surface area contributed by atoms with Gasteiger partial charge in [-0.2, -0.15) is 0 Å². The maximum Gasteiger partial charge on any atom is 0.246 e. The third-order valence-corrected chi connectivity index (χ3v) is 12.4. The third kappa shape index (κ3) is 4.91. The molecule has 4 aliphatic rings. The van der Waals surface area contributed by atoms with E-state index in [2.05, 4.69) is 0 Å². The molecule has 10 heteroatoms. The van der Waals surface area contributed by atoms with Gasteiger partial charge >= 0.3 is 0 Å².